The summed E-state index contributed by atoms with van der Waals surface area (Å²) in [5, 5.41) is 20.3. The van der Waals surface area contributed by atoms with E-state index in [4.69, 9.17) is 5.11 Å². The maximum absolute atomic E-state index is 11.6. The molecule has 3 N–H and O–H groups in total. The number of rotatable bonds is 5. The summed E-state index contributed by atoms with van der Waals surface area (Å²) in [4.78, 5) is 35.5. The number of carbonyl (C=O) groups is 3. The van der Waals surface area contributed by atoms with Gasteiger partial charge in [0.05, 0.1) is 11.3 Å². The van der Waals surface area contributed by atoms with Crippen LogP contribution in [0.15, 0.2) is 30.4 Å². The van der Waals surface area contributed by atoms with Gasteiger partial charge in [0.1, 0.15) is 0 Å². The molecular weight excluding hydrogens is 300 g/mol. The highest BCUT2D eigenvalue weighted by Crippen LogP contribution is 2.27. The molecule has 7 nitrogen and oxygen atoms in total. The number of hydrogen-bond acceptors (Lipinski definition) is 4. The number of nitrogens with zero attached hydrogens (tertiary/aromatic N) is 1. The molecule has 1 amide bonds. The number of amides is 1. The lowest BCUT2D eigenvalue weighted by molar-refractivity contribution is -0.131. The Kier molecular flexibility index (Phi) is 5.35. The molecule has 7 heteroatoms. The Labute approximate surface area is 133 Å². The Balaban J connectivity index is 2.20. The molecule has 0 unspecified atom stereocenters. The van der Waals surface area contributed by atoms with Crippen LogP contribution in [0, 0.1) is 0 Å². The van der Waals surface area contributed by atoms with Gasteiger partial charge in [-0.2, -0.15) is 0 Å². The van der Waals surface area contributed by atoms with Gasteiger partial charge in [-0.3, -0.25) is 4.79 Å². The predicted molar refractivity (Wildman–Crippen MR) is 84.9 cm³/mol. The van der Waals surface area contributed by atoms with Gasteiger partial charge in [-0.1, -0.05) is 0 Å². The van der Waals surface area contributed by atoms with Crippen molar-refractivity contribution in [3.63, 3.8) is 0 Å². The standard InChI is InChI=1S/C16H18N2O5/c19-14(6-7-15(20)21)17-11-4-5-13(12(10-11)16(22)23)18-8-2-1-3-9-18/h4-7,10H,1-3,8-9H2,(H,17,19)(H,20,21)(H,22,23). The van der Waals surface area contributed by atoms with Crippen molar-refractivity contribution < 1.29 is 24.6 Å². The maximum atomic E-state index is 11.6. The quantitative estimate of drug-likeness (QED) is 0.716. The summed E-state index contributed by atoms with van der Waals surface area (Å²) in [6.07, 6.45) is 4.79. The van der Waals surface area contributed by atoms with Gasteiger partial charge in [0, 0.05) is 30.9 Å². The molecule has 0 aliphatic carbocycles. The average molecular weight is 318 g/mol. The number of carboxylic acids is 2. The normalized spacial score (nSPS) is 14.7. The number of benzene rings is 1. The van der Waals surface area contributed by atoms with Gasteiger partial charge in [0.15, 0.2) is 0 Å². The molecule has 122 valence electrons. The fraction of sp³-hybridized carbons (Fsp3) is 0.312. The van der Waals surface area contributed by atoms with Gasteiger partial charge in [-0.25, -0.2) is 9.59 Å². The molecule has 0 atom stereocenters. The Morgan fingerprint density at radius 2 is 1.74 bits per heavy atom. The zero-order valence-corrected chi connectivity index (χ0v) is 12.5. The fourth-order valence-corrected chi connectivity index (χ4v) is 2.53. The van der Waals surface area contributed by atoms with Crippen LogP contribution in [0.4, 0.5) is 11.4 Å². The highest BCUT2D eigenvalue weighted by atomic mass is 16.4. The van der Waals surface area contributed by atoms with E-state index in [0.717, 1.165) is 44.5 Å². The monoisotopic (exact) mass is 318 g/mol. The van der Waals surface area contributed by atoms with Crippen LogP contribution in [0.5, 0.6) is 0 Å². The first-order valence-corrected chi connectivity index (χ1v) is 7.31. The maximum Gasteiger partial charge on any atom is 0.337 e. The van der Waals surface area contributed by atoms with E-state index in [0.29, 0.717) is 11.4 Å². The molecule has 2 rings (SSSR count). The topological polar surface area (TPSA) is 107 Å². The van der Waals surface area contributed by atoms with Crippen molar-refractivity contribution in [2.75, 3.05) is 23.3 Å². The van der Waals surface area contributed by atoms with Crippen molar-refractivity contribution in [3.05, 3.63) is 35.9 Å². The second-order valence-corrected chi connectivity index (χ2v) is 5.25. The second kappa shape index (κ2) is 7.44. The second-order valence-electron chi connectivity index (χ2n) is 5.25. The van der Waals surface area contributed by atoms with Crippen LogP contribution in [0.25, 0.3) is 0 Å². The lowest BCUT2D eigenvalue weighted by Gasteiger charge is -2.30. The Morgan fingerprint density at radius 1 is 1.04 bits per heavy atom. The Morgan fingerprint density at radius 3 is 2.35 bits per heavy atom. The van der Waals surface area contributed by atoms with E-state index in [2.05, 4.69) is 5.32 Å². The SMILES string of the molecule is O=C(O)C=CC(=O)Nc1ccc(N2CCCCC2)c(C(=O)O)c1. The van der Waals surface area contributed by atoms with Crippen LogP contribution >= 0.6 is 0 Å². The molecule has 0 radical (unpaired) electrons. The third kappa shape index (κ3) is 4.57. The highest BCUT2D eigenvalue weighted by molar-refractivity contribution is 6.03. The molecule has 0 aromatic heterocycles. The molecule has 1 fully saturated rings. The minimum Gasteiger partial charge on any atom is -0.478 e. The van der Waals surface area contributed by atoms with E-state index in [1.807, 2.05) is 4.90 Å². The molecule has 1 aromatic rings. The molecular formula is C16H18N2O5. The van der Waals surface area contributed by atoms with Crippen molar-refractivity contribution in [1.29, 1.82) is 0 Å². The van der Waals surface area contributed by atoms with E-state index in [1.165, 1.54) is 6.07 Å². The third-order valence-electron chi connectivity index (χ3n) is 3.57. The number of aromatic carboxylic acids is 1. The molecule has 0 bridgehead atoms. The van der Waals surface area contributed by atoms with Crippen molar-refractivity contribution >= 4 is 29.2 Å². The summed E-state index contributed by atoms with van der Waals surface area (Å²) in [6, 6.07) is 4.67. The largest absolute Gasteiger partial charge is 0.478 e. The molecule has 1 heterocycles. The summed E-state index contributed by atoms with van der Waals surface area (Å²) in [5.74, 6) is -2.93. The summed E-state index contributed by atoms with van der Waals surface area (Å²) >= 11 is 0. The number of hydrogen-bond donors (Lipinski definition) is 3. The van der Waals surface area contributed by atoms with Gasteiger partial charge >= 0.3 is 11.9 Å². The lowest BCUT2D eigenvalue weighted by atomic mass is 10.1. The Bertz CT molecular complexity index is 648. The van der Waals surface area contributed by atoms with Gasteiger partial charge in [-0.05, 0) is 37.5 Å². The molecule has 1 aliphatic heterocycles. The smallest absolute Gasteiger partial charge is 0.337 e. The molecule has 0 saturated carbocycles. The van der Waals surface area contributed by atoms with Crippen molar-refractivity contribution in [1.82, 2.24) is 0 Å². The number of aliphatic carboxylic acids is 1. The van der Waals surface area contributed by atoms with E-state index in [1.54, 1.807) is 12.1 Å². The van der Waals surface area contributed by atoms with Crippen LogP contribution in [-0.2, 0) is 9.59 Å². The van der Waals surface area contributed by atoms with E-state index < -0.39 is 17.8 Å². The zero-order valence-electron chi connectivity index (χ0n) is 12.5. The van der Waals surface area contributed by atoms with Crippen molar-refractivity contribution in [2.45, 2.75) is 19.3 Å². The molecule has 0 spiro atoms. The number of nitrogens with one attached hydrogen (secondary N) is 1. The van der Waals surface area contributed by atoms with Crippen LogP contribution < -0.4 is 10.2 Å². The summed E-state index contributed by atoms with van der Waals surface area (Å²) in [7, 11) is 0. The van der Waals surface area contributed by atoms with Crippen LogP contribution in [0.2, 0.25) is 0 Å². The van der Waals surface area contributed by atoms with Gasteiger partial charge < -0.3 is 20.4 Å². The first-order valence-electron chi connectivity index (χ1n) is 7.31. The average Bonchev–Trinajstić information content (AvgIpc) is 2.53. The van der Waals surface area contributed by atoms with Crippen LogP contribution in [0.1, 0.15) is 29.6 Å². The van der Waals surface area contributed by atoms with Gasteiger partial charge in [0.2, 0.25) is 5.91 Å². The lowest BCUT2D eigenvalue weighted by Crippen LogP contribution is -2.30. The van der Waals surface area contributed by atoms with Crippen molar-refractivity contribution in [3.8, 4) is 0 Å². The number of anilines is 2. The predicted octanol–water partition coefficient (Wildman–Crippen LogP) is 1.95. The van der Waals surface area contributed by atoms with E-state index >= 15 is 0 Å². The molecule has 1 aliphatic rings. The minimum atomic E-state index is -1.23. The zero-order chi connectivity index (χ0) is 16.8. The van der Waals surface area contributed by atoms with Gasteiger partial charge in [-0.15, -0.1) is 0 Å². The molecule has 1 saturated heterocycles. The van der Waals surface area contributed by atoms with Crippen LogP contribution in [-0.4, -0.2) is 41.1 Å². The number of carbonyl (C=O) groups excluding carboxylic acids is 1. The number of carboxylic acid groups (broad SMARTS) is 2. The van der Waals surface area contributed by atoms with E-state index in [9.17, 15) is 19.5 Å². The summed E-state index contributed by atoms with van der Waals surface area (Å²) < 4.78 is 0. The highest BCUT2D eigenvalue weighted by Gasteiger charge is 2.18. The fourth-order valence-electron chi connectivity index (χ4n) is 2.53. The first kappa shape index (κ1) is 16.5. The van der Waals surface area contributed by atoms with Crippen molar-refractivity contribution in [2.24, 2.45) is 0 Å². The van der Waals surface area contributed by atoms with Gasteiger partial charge in [0.25, 0.3) is 0 Å². The first-order chi connectivity index (χ1) is 11.0. The minimum absolute atomic E-state index is 0.118. The molecule has 23 heavy (non-hydrogen) atoms. The van der Waals surface area contributed by atoms with Crippen LogP contribution in [0.3, 0.4) is 0 Å². The molecule has 1 aromatic carbocycles. The summed E-state index contributed by atoms with van der Waals surface area (Å²) in [5.41, 5.74) is 1.06. The Hall–Kier alpha value is -2.83. The third-order valence-corrected chi connectivity index (χ3v) is 3.57. The summed E-state index contributed by atoms with van der Waals surface area (Å²) in [6.45, 7) is 1.63. The number of piperidine rings is 1. The van der Waals surface area contributed by atoms with E-state index in [-0.39, 0.29) is 5.56 Å².